The van der Waals surface area contributed by atoms with E-state index >= 15 is 0 Å². The summed E-state index contributed by atoms with van der Waals surface area (Å²) in [6, 6.07) is 6.84. The van der Waals surface area contributed by atoms with Gasteiger partial charge >= 0.3 is 0 Å². The third kappa shape index (κ3) is 9.85. The number of aryl methyl sites for hydroxylation is 2. The van der Waals surface area contributed by atoms with Crippen LogP contribution in [0.15, 0.2) is 34.9 Å². The van der Waals surface area contributed by atoms with Crippen LogP contribution in [0.5, 0.6) is 0 Å². The van der Waals surface area contributed by atoms with Gasteiger partial charge in [0.2, 0.25) is 0 Å². The van der Waals surface area contributed by atoms with Crippen LogP contribution < -0.4 is 5.19 Å². The maximum atomic E-state index is 3.36. The van der Waals surface area contributed by atoms with E-state index in [2.05, 4.69) is 78.9 Å². The summed E-state index contributed by atoms with van der Waals surface area (Å²) in [4.78, 5) is 0. The summed E-state index contributed by atoms with van der Waals surface area (Å²) < 4.78 is 0. The van der Waals surface area contributed by atoms with E-state index in [1.165, 1.54) is 27.8 Å². The van der Waals surface area contributed by atoms with Crippen molar-refractivity contribution in [1.29, 1.82) is 0 Å². The van der Waals surface area contributed by atoms with E-state index in [1.807, 2.05) is 0 Å². The number of rotatable bonds is 1. The Kier molecular flexibility index (Phi) is 19.7. The fraction of sp³-hybridized carbons (Fsp3) is 0.474. The van der Waals surface area contributed by atoms with Crippen molar-refractivity contribution in [2.24, 2.45) is 5.92 Å². The molecule has 5 heteroatoms. The topological polar surface area (TPSA) is 0 Å². The fourth-order valence-corrected chi connectivity index (χ4v) is 3.46. The molecular weight excluding hydrogens is 411 g/mol. The van der Waals surface area contributed by atoms with Crippen LogP contribution >= 0.6 is 37.2 Å². The van der Waals surface area contributed by atoms with Crippen molar-refractivity contribution in [2.45, 2.75) is 54.6 Å². The molecule has 0 N–H and O–H groups in total. The summed E-state index contributed by atoms with van der Waals surface area (Å²) >= 11 is 0. The standard InChI is InChI=1S/C10H15Si.C9H13.3ClH.Ti/c1-8-5-9(2)7-10(6-8)11(3)4;1-6-5-7(2)9(4)8(6)3;;;;/h5-7H,1-4H3;6H,1-4H3;3*1H;/q;-1;;;;. The van der Waals surface area contributed by atoms with Gasteiger partial charge in [-0.1, -0.05) is 74.3 Å². The van der Waals surface area contributed by atoms with Crippen molar-refractivity contribution >= 4 is 51.2 Å². The number of allylic oxidation sites excluding steroid dienone is 4. The molecule has 1 atom stereocenters. The normalized spacial score (nSPS) is 15.0. The molecule has 0 aromatic heterocycles. The van der Waals surface area contributed by atoms with Gasteiger partial charge in [-0.25, -0.2) is 5.57 Å². The van der Waals surface area contributed by atoms with Crippen LogP contribution in [0.4, 0.5) is 0 Å². The van der Waals surface area contributed by atoms with Crippen molar-refractivity contribution in [3.05, 3.63) is 52.1 Å². The summed E-state index contributed by atoms with van der Waals surface area (Å²) in [5, 5.41) is 1.55. The summed E-state index contributed by atoms with van der Waals surface area (Å²) in [5.74, 6) is 0.560. The molecule has 0 nitrogen and oxygen atoms in total. The van der Waals surface area contributed by atoms with Crippen LogP contribution in [-0.2, 0) is 21.7 Å². The molecule has 137 valence electrons. The smallest absolute Gasteiger partial charge is 0.0791 e. The molecule has 0 saturated carbocycles. The number of benzene rings is 1. The van der Waals surface area contributed by atoms with E-state index in [0.717, 1.165) is 0 Å². The van der Waals surface area contributed by atoms with Crippen molar-refractivity contribution in [2.75, 3.05) is 0 Å². The Labute approximate surface area is 184 Å². The third-order valence-corrected chi connectivity index (χ3v) is 5.48. The minimum Gasteiger partial charge on any atom is -0.266 e. The first-order valence-corrected chi connectivity index (χ1v) is 9.89. The Morgan fingerprint density at radius 2 is 1.25 bits per heavy atom. The zero-order valence-corrected chi connectivity index (χ0v) is 21.0. The fourth-order valence-electron chi connectivity index (χ4n) is 2.43. The van der Waals surface area contributed by atoms with Gasteiger partial charge < -0.3 is 0 Å². The first-order valence-electron chi connectivity index (χ1n) is 7.39. The summed E-state index contributed by atoms with van der Waals surface area (Å²) in [6.07, 6.45) is 3.36. The van der Waals surface area contributed by atoms with Crippen molar-refractivity contribution in [3.8, 4) is 0 Å². The molecule has 2 rings (SSSR count). The molecule has 0 spiro atoms. The minimum atomic E-state index is -0.256. The van der Waals surface area contributed by atoms with Crippen LogP contribution in [0.1, 0.15) is 38.8 Å². The molecule has 0 fully saturated rings. The number of halogens is 3. The molecule has 1 aromatic rings. The summed E-state index contributed by atoms with van der Waals surface area (Å²) in [5.41, 5.74) is 7.03. The third-order valence-electron chi connectivity index (χ3n) is 4.04. The van der Waals surface area contributed by atoms with Gasteiger partial charge in [-0.2, -0.15) is 11.1 Å². The second kappa shape index (κ2) is 14.6. The van der Waals surface area contributed by atoms with E-state index in [-0.39, 0.29) is 67.7 Å². The van der Waals surface area contributed by atoms with Gasteiger partial charge in [-0.3, -0.25) is 6.08 Å². The van der Waals surface area contributed by atoms with Crippen LogP contribution in [0.25, 0.3) is 0 Å². The zero-order valence-electron chi connectivity index (χ0n) is 16.0. The summed E-state index contributed by atoms with van der Waals surface area (Å²) in [6.45, 7) is 17.7. The molecule has 0 saturated heterocycles. The minimum absolute atomic E-state index is 0. The molecule has 0 heterocycles. The molecule has 24 heavy (non-hydrogen) atoms. The second-order valence-electron chi connectivity index (χ2n) is 6.18. The first kappa shape index (κ1) is 32.2. The zero-order chi connectivity index (χ0) is 15.4. The Morgan fingerprint density at radius 3 is 1.46 bits per heavy atom. The number of hydrogen-bond donors (Lipinski definition) is 0. The van der Waals surface area contributed by atoms with Crippen LogP contribution in [0.3, 0.4) is 0 Å². The van der Waals surface area contributed by atoms with E-state index in [1.54, 1.807) is 5.19 Å². The van der Waals surface area contributed by atoms with Crippen molar-refractivity contribution < 1.29 is 21.7 Å². The molecule has 0 aliphatic heterocycles. The largest absolute Gasteiger partial charge is 0.266 e. The molecule has 1 aromatic carbocycles. The quantitative estimate of drug-likeness (QED) is 0.357. The molecule has 1 unspecified atom stereocenters. The summed E-state index contributed by atoms with van der Waals surface area (Å²) in [7, 11) is -0.256. The maximum Gasteiger partial charge on any atom is 0.0791 e. The predicted octanol–water partition coefficient (Wildman–Crippen LogP) is 6.25. The van der Waals surface area contributed by atoms with Gasteiger partial charge in [0.15, 0.2) is 0 Å². The van der Waals surface area contributed by atoms with E-state index < -0.39 is 0 Å². The van der Waals surface area contributed by atoms with Gasteiger partial charge in [0.1, 0.15) is 0 Å². The van der Waals surface area contributed by atoms with Crippen LogP contribution in [0, 0.1) is 25.8 Å². The van der Waals surface area contributed by atoms with Crippen LogP contribution in [0.2, 0.25) is 13.1 Å². The Hall–Kier alpha value is 0.501. The SMILES string of the molecule is CC1=[C-]C(C)C(C)=C1C.Cc1cc(C)cc([Si](C)C)c1.Cl.Cl.Cl.[Ti]. The molecular formula is C19H31Cl3SiTi-. The molecule has 1 aliphatic carbocycles. The van der Waals surface area contributed by atoms with Crippen LogP contribution in [-0.4, -0.2) is 8.80 Å². The average molecular weight is 442 g/mol. The monoisotopic (exact) mass is 440 g/mol. The van der Waals surface area contributed by atoms with Gasteiger partial charge in [0.05, 0.1) is 8.80 Å². The van der Waals surface area contributed by atoms with Gasteiger partial charge in [0.25, 0.3) is 0 Å². The molecule has 0 amide bonds. The van der Waals surface area contributed by atoms with Crippen molar-refractivity contribution in [3.63, 3.8) is 0 Å². The van der Waals surface area contributed by atoms with E-state index in [4.69, 9.17) is 0 Å². The van der Waals surface area contributed by atoms with E-state index in [0.29, 0.717) is 5.92 Å². The molecule has 0 bridgehead atoms. The Balaban J connectivity index is -0.000000145. The number of hydrogen-bond acceptors (Lipinski definition) is 0. The van der Waals surface area contributed by atoms with Gasteiger partial charge in [-0.05, 0) is 13.8 Å². The molecule has 1 aliphatic rings. The van der Waals surface area contributed by atoms with E-state index in [9.17, 15) is 0 Å². The van der Waals surface area contributed by atoms with Gasteiger partial charge in [0, 0.05) is 21.7 Å². The first-order chi connectivity index (χ1) is 9.22. The maximum absolute atomic E-state index is 3.36. The second-order valence-corrected chi connectivity index (χ2v) is 8.75. The Morgan fingerprint density at radius 1 is 0.833 bits per heavy atom. The average Bonchev–Trinajstić information content (AvgIpc) is 2.56. The predicted molar refractivity (Wildman–Crippen MR) is 115 cm³/mol. The van der Waals surface area contributed by atoms with Gasteiger partial charge in [-0.15, -0.1) is 44.1 Å². The Bertz CT molecular complexity index is 531. The molecule has 1 radical (unpaired) electrons. The van der Waals surface area contributed by atoms with Crippen molar-refractivity contribution in [1.82, 2.24) is 0 Å².